The van der Waals surface area contributed by atoms with Crippen LogP contribution in [0.5, 0.6) is 5.88 Å². The Bertz CT molecular complexity index is 659. The number of amides is 1. The van der Waals surface area contributed by atoms with E-state index in [9.17, 15) is 4.79 Å². The van der Waals surface area contributed by atoms with E-state index >= 15 is 0 Å². The Morgan fingerprint density at radius 2 is 2.10 bits per heavy atom. The van der Waals surface area contributed by atoms with Crippen molar-refractivity contribution >= 4 is 16.9 Å². The summed E-state index contributed by atoms with van der Waals surface area (Å²) in [5.41, 5.74) is 1.65. The maximum atomic E-state index is 11.9. The predicted octanol–water partition coefficient (Wildman–Crippen LogP) is 0.827. The zero-order valence-corrected chi connectivity index (χ0v) is 12.1. The highest BCUT2D eigenvalue weighted by Crippen LogP contribution is 2.18. The molecule has 0 radical (unpaired) electrons. The van der Waals surface area contributed by atoms with Crippen LogP contribution in [0.4, 0.5) is 0 Å². The van der Waals surface area contributed by atoms with Crippen molar-refractivity contribution in [3.05, 3.63) is 30.5 Å². The molecule has 0 aliphatic carbocycles. The van der Waals surface area contributed by atoms with E-state index in [-0.39, 0.29) is 18.1 Å². The number of aromatic nitrogens is 2. The van der Waals surface area contributed by atoms with Crippen LogP contribution >= 0.6 is 0 Å². The van der Waals surface area contributed by atoms with Crippen molar-refractivity contribution in [3.63, 3.8) is 0 Å². The lowest BCUT2D eigenvalue weighted by Crippen LogP contribution is -2.39. The summed E-state index contributed by atoms with van der Waals surface area (Å²) >= 11 is 0. The first-order valence-electron chi connectivity index (χ1n) is 6.96. The molecule has 2 unspecified atom stereocenters. The molecule has 6 heteroatoms. The molecule has 2 atom stereocenters. The summed E-state index contributed by atoms with van der Waals surface area (Å²) in [5.74, 6) is 0.573. The van der Waals surface area contributed by atoms with Gasteiger partial charge >= 0.3 is 0 Å². The lowest BCUT2D eigenvalue weighted by Gasteiger charge is -2.16. The van der Waals surface area contributed by atoms with Crippen LogP contribution in [0.3, 0.4) is 0 Å². The second kappa shape index (κ2) is 5.65. The van der Waals surface area contributed by atoms with Gasteiger partial charge < -0.3 is 15.0 Å². The van der Waals surface area contributed by atoms with E-state index in [0.717, 1.165) is 11.0 Å². The van der Waals surface area contributed by atoms with E-state index in [0.29, 0.717) is 18.8 Å². The number of carbonyl (C=O) groups excluding carboxylic acids is 1. The number of carbonyl (C=O) groups is 1. The van der Waals surface area contributed by atoms with Crippen LogP contribution in [0, 0.1) is 0 Å². The van der Waals surface area contributed by atoms with Crippen molar-refractivity contribution in [1.29, 1.82) is 0 Å². The number of ether oxygens (including phenoxy) is 1. The van der Waals surface area contributed by atoms with Crippen LogP contribution in [0.25, 0.3) is 11.0 Å². The first-order chi connectivity index (χ1) is 10.1. The summed E-state index contributed by atoms with van der Waals surface area (Å²) in [6.45, 7) is 0.638. The van der Waals surface area contributed by atoms with Crippen molar-refractivity contribution in [1.82, 2.24) is 20.2 Å². The number of nitrogens with one attached hydrogen (secondary N) is 1. The fourth-order valence-electron chi connectivity index (χ4n) is 2.46. The maximum Gasteiger partial charge on any atom is 0.239 e. The normalized spacial score (nSPS) is 21.4. The number of para-hydroxylation sites is 2. The maximum absolute atomic E-state index is 11.9. The topological polar surface area (TPSA) is 67.4 Å². The van der Waals surface area contributed by atoms with Gasteiger partial charge in [0.05, 0.1) is 23.3 Å². The van der Waals surface area contributed by atoms with Crippen LogP contribution in [0.15, 0.2) is 30.5 Å². The fraction of sp³-hybridized carbons (Fsp3) is 0.400. The van der Waals surface area contributed by atoms with Gasteiger partial charge in [-0.15, -0.1) is 0 Å². The van der Waals surface area contributed by atoms with E-state index in [4.69, 9.17) is 4.74 Å². The number of rotatable bonds is 3. The predicted molar refractivity (Wildman–Crippen MR) is 79.1 cm³/mol. The average molecular weight is 286 g/mol. The minimum atomic E-state index is -0.182. The van der Waals surface area contributed by atoms with Gasteiger partial charge in [-0.2, -0.15) is 0 Å². The highest BCUT2D eigenvalue weighted by molar-refractivity contribution is 5.81. The molecule has 21 heavy (non-hydrogen) atoms. The highest BCUT2D eigenvalue weighted by atomic mass is 16.5. The molecule has 1 aliphatic heterocycles. The molecule has 1 fully saturated rings. The number of likely N-dealkylation sites (N-methyl/N-ethyl adjacent to an activating group) is 1. The molecular weight excluding hydrogens is 268 g/mol. The summed E-state index contributed by atoms with van der Waals surface area (Å²) in [4.78, 5) is 22.2. The van der Waals surface area contributed by atoms with E-state index in [1.165, 1.54) is 0 Å². The summed E-state index contributed by atoms with van der Waals surface area (Å²) < 4.78 is 5.84. The lowest BCUT2D eigenvalue weighted by atomic mass is 10.2. The fourth-order valence-corrected chi connectivity index (χ4v) is 2.46. The first-order valence-corrected chi connectivity index (χ1v) is 6.96. The Balaban J connectivity index is 1.67. The minimum Gasteiger partial charge on any atom is -0.472 e. The molecule has 0 bridgehead atoms. The van der Waals surface area contributed by atoms with E-state index in [2.05, 4.69) is 15.3 Å². The summed E-state index contributed by atoms with van der Waals surface area (Å²) in [7, 11) is 3.51. The van der Waals surface area contributed by atoms with Gasteiger partial charge in [0, 0.05) is 27.1 Å². The molecular formula is C15H18N4O2. The molecule has 1 amide bonds. The quantitative estimate of drug-likeness (QED) is 0.905. The largest absolute Gasteiger partial charge is 0.472 e. The van der Waals surface area contributed by atoms with Crippen LogP contribution in [-0.2, 0) is 4.79 Å². The molecule has 1 saturated heterocycles. The number of hydrogen-bond donors (Lipinski definition) is 1. The Morgan fingerprint density at radius 1 is 1.33 bits per heavy atom. The Morgan fingerprint density at radius 3 is 2.86 bits per heavy atom. The minimum absolute atomic E-state index is 0.0608. The Kier molecular flexibility index (Phi) is 3.70. The zero-order valence-electron chi connectivity index (χ0n) is 12.1. The molecule has 1 aromatic heterocycles. The van der Waals surface area contributed by atoms with Crippen LogP contribution in [0.2, 0.25) is 0 Å². The molecule has 1 aromatic carbocycles. The van der Waals surface area contributed by atoms with Gasteiger partial charge in [0.2, 0.25) is 11.8 Å². The molecule has 110 valence electrons. The molecule has 1 aliphatic rings. The molecule has 0 spiro atoms. The van der Waals surface area contributed by atoms with Gasteiger partial charge in [-0.25, -0.2) is 9.97 Å². The summed E-state index contributed by atoms with van der Waals surface area (Å²) in [5, 5.41) is 3.18. The number of fused-ring (bicyclic) bond motifs is 1. The van der Waals surface area contributed by atoms with Crippen LogP contribution in [-0.4, -0.2) is 53.6 Å². The van der Waals surface area contributed by atoms with Crippen LogP contribution < -0.4 is 10.1 Å². The smallest absolute Gasteiger partial charge is 0.239 e. The number of benzene rings is 1. The highest BCUT2D eigenvalue weighted by Gasteiger charge is 2.31. The van der Waals surface area contributed by atoms with Gasteiger partial charge in [0.15, 0.2) is 0 Å². The van der Waals surface area contributed by atoms with Gasteiger partial charge in [-0.1, -0.05) is 12.1 Å². The van der Waals surface area contributed by atoms with E-state index in [1.807, 2.05) is 24.3 Å². The van der Waals surface area contributed by atoms with Gasteiger partial charge in [0.1, 0.15) is 6.10 Å². The molecule has 3 rings (SSSR count). The third kappa shape index (κ3) is 2.95. The van der Waals surface area contributed by atoms with Crippen molar-refractivity contribution in [2.45, 2.75) is 18.6 Å². The molecule has 2 aromatic rings. The van der Waals surface area contributed by atoms with Crippen molar-refractivity contribution in [2.75, 3.05) is 20.6 Å². The van der Waals surface area contributed by atoms with Gasteiger partial charge in [-0.3, -0.25) is 4.79 Å². The zero-order chi connectivity index (χ0) is 14.8. The molecule has 0 saturated carbocycles. The molecule has 1 N–H and O–H groups in total. The van der Waals surface area contributed by atoms with Gasteiger partial charge in [0.25, 0.3) is 0 Å². The Labute approximate surface area is 123 Å². The van der Waals surface area contributed by atoms with Gasteiger partial charge in [-0.05, 0) is 12.1 Å². The van der Waals surface area contributed by atoms with Crippen molar-refractivity contribution in [3.8, 4) is 5.88 Å². The first kappa shape index (κ1) is 13.8. The SMILES string of the molecule is CN(C)C(=O)C1CC(Oc2cnc3ccccc3n2)CN1. The lowest BCUT2D eigenvalue weighted by molar-refractivity contribution is -0.130. The van der Waals surface area contributed by atoms with Crippen LogP contribution in [0.1, 0.15) is 6.42 Å². The summed E-state index contributed by atoms with van der Waals surface area (Å²) in [6, 6.07) is 7.48. The molecule has 6 nitrogen and oxygen atoms in total. The Hall–Kier alpha value is -2.21. The number of hydrogen-bond acceptors (Lipinski definition) is 5. The van der Waals surface area contributed by atoms with E-state index < -0.39 is 0 Å². The average Bonchev–Trinajstić information content (AvgIpc) is 2.94. The van der Waals surface area contributed by atoms with Crippen molar-refractivity contribution < 1.29 is 9.53 Å². The second-order valence-corrected chi connectivity index (χ2v) is 5.37. The monoisotopic (exact) mass is 286 g/mol. The van der Waals surface area contributed by atoms with E-state index in [1.54, 1.807) is 25.2 Å². The standard InChI is InChI=1S/C15H18N4O2/c1-19(2)15(20)13-7-10(8-16-13)21-14-9-17-11-5-3-4-6-12(11)18-14/h3-6,9-10,13,16H,7-8H2,1-2H3. The summed E-state index contributed by atoms with van der Waals surface area (Å²) in [6.07, 6.45) is 2.21. The third-order valence-electron chi connectivity index (χ3n) is 3.54. The number of nitrogens with zero attached hydrogens (tertiary/aromatic N) is 3. The third-order valence-corrected chi connectivity index (χ3v) is 3.54. The second-order valence-electron chi connectivity index (χ2n) is 5.37. The molecule has 2 heterocycles. The van der Waals surface area contributed by atoms with Crippen molar-refractivity contribution in [2.24, 2.45) is 0 Å².